The Bertz CT molecular complexity index is 475. The van der Waals surface area contributed by atoms with Crippen molar-refractivity contribution in [2.45, 2.75) is 32.1 Å². The van der Waals surface area contributed by atoms with Crippen LogP contribution < -0.4 is 4.74 Å². The van der Waals surface area contributed by atoms with E-state index in [-0.39, 0.29) is 5.12 Å². The molecular formula is C15H18O3S. The van der Waals surface area contributed by atoms with Crippen LogP contribution in [0.15, 0.2) is 41.3 Å². The smallest absolute Gasteiger partial charge is 0.338 e. The summed E-state index contributed by atoms with van der Waals surface area (Å²) in [6.07, 6.45) is 0.553. The van der Waals surface area contributed by atoms with E-state index in [1.165, 1.54) is 11.8 Å². The van der Waals surface area contributed by atoms with Crippen LogP contribution in [0.5, 0.6) is 5.75 Å². The topological polar surface area (TPSA) is 43.4 Å². The molecule has 0 spiro atoms. The van der Waals surface area contributed by atoms with Crippen LogP contribution in [0.2, 0.25) is 0 Å². The minimum atomic E-state index is -0.448. The van der Waals surface area contributed by atoms with Crippen molar-refractivity contribution < 1.29 is 14.3 Å². The van der Waals surface area contributed by atoms with E-state index < -0.39 is 5.97 Å². The molecule has 102 valence electrons. The van der Waals surface area contributed by atoms with Gasteiger partial charge in [-0.15, -0.1) is 0 Å². The lowest BCUT2D eigenvalue weighted by Crippen LogP contribution is -2.07. The molecule has 0 heterocycles. The summed E-state index contributed by atoms with van der Waals surface area (Å²) in [7, 11) is 0. The van der Waals surface area contributed by atoms with Crippen molar-refractivity contribution in [3.63, 3.8) is 0 Å². The summed E-state index contributed by atoms with van der Waals surface area (Å²) < 4.78 is 5.07. The lowest BCUT2D eigenvalue weighted by Gasteiger charge is -2.06. The zero-order valence-corrected chi connectivity index (χ0v) is 12.3. The molecule has 0 N–H and O–H groups in total. The molecule has 0 radical (unpaired) electrons. The van der Waals surface area contributed by atoms with E-state index in [9.17, 15) is 9.59 Å². The minimum absolute atomic E-state index is 0.140. The summed E-state index contributed by atoms with van der Waals surface area (Å²) in [6, 6.07) is 6.88. The summed E-state index contributed by atoms with van der Waals surface area (Å²) >= 11 is 1.21. The van der Waals surface area contributed by atoms with Gasteiger partial charge in [0.2, 0.25) is 0 Å². The van der Waals surface area contributed by atoms with Crippen LogP contribution in [0.3, 0.4) is 0 Å². The molecule has 0 bridgehead atoms. The minimum Gasteiger partial charge on any atom is -0.423 e. The number of carbonyl (C=O) groups is 2. The Hall–Kier alpha value is -1.55. The van der Waals surface area contributed by atoms with Gasteiger partial charge < -0.3 is 4.74 Å². The Morgan fingerprint density at radius 3 is 2.32 bits per heavy atom. The second-order valence-electron chi connectivity index (χ2n) is 4.71. The first-order valence-corrected chi connectivity index (χ1v) is 6.88. The molecule has 0 saturated heterocycles. The molecule has 0 fully saturated rings. The Balaban J connectivity index is 2.59. The van der Waals surface area contributed by atoms with Crippen molar-refractivity contribution in [3.8, 4) is 5.75 Å². The Morgan fingerprint density at radius 1 is 1.26 bits per heavy atom. The SMILES string of the molecule is C=C(C)C(=O)Oc1ccc(SC(=O)CC(C)C)cc1. The first kappa shape index (κ1) is 15.5. The van der Waals surface area contributed by atoms with Gasteiger partial charge in [-0.05, 0) is 37.1 Å². The third kappa shape index (κ3) is 5.75. The standard InChI is InChI=1S/C15H18O3S/c1-10(2)9-14(16)19-13-7-5-12(6-8-13)18-15(17)11(3)4/h5-8,10H,3,9H2,1-2,4H3. The van der Waals surface area contributed by atoms with Gasteiger partial charge in [-0.3, -0.25) is 4.79 Å². The third-order valence-electron chi connectivity index (χ3n) is 2.19. The molecule has 1 aromatic rings. The third-order valence-corrected chi connectivity index (χ3v) is 3.09. The molecule has 0 aliphatic carbocycles. The number of ether oxygens (including phenoxy) is 1. The molecule has 0 aromatic heterocycles. The van der Waals surface area contributed by atoms with Crippen LogP contribution >= 0.6 is 11.8 Å². The maximum atomic E-state index is 11.6. The molecular weight excluding hydrogens is 260 g/mol. The van der Waals surface area contributed by atoms with E-state index in [4.69, 9.17) is 4.74 Å². The molecule has 0 aliphatic rings. The highest BCUT2D eigenvalue weighted by Gasteiger charge is 2.09. The molecule has 0 saturated carbocycles. The van der Waals surface area contributed by atoms with Gasteiger partial charge in [0.05, 0.1) is 0 Å². The summed E-state index contributed by atoms with van der Waals surface area (Å²) in [5, 5.41) is 0.140. The summed E-state index contributed by atoms with van der Waals surface area (Å²) in [4.78, 5) is 23.8. The molecule has 0 amide bonds. The highest BCUT2D eigenvalue weighted by Crippen LogP contribution is 2.24. The lowest BCUT2D eigenvalue weighted by molar-refractivity contribution is -0.130. The molecule has 3 nitrogen and oxygen atoms in total. The van der Waals surface area contributed by atoms with Gasteiger partial charge in [0.15, 0.2) is 5.12 Å². The summed E-state index contributed by atoms with van der Waals surface area (Å²) in [5.74, 6) is 0.362. The predicted octanol–water partition coefficient (Wildman–Crippen LogP) is 3.83. The number of thioether (sulfide) groups is 1. The number of benzene rings is 1. The Kier molecular flexibility index (Phi) is 5.83. The van der Waals surface area contributed by atoms with Gasteiger partial charge in [-0.25, -0.2) is 4.79 Å². The zero-order valence-electron chi connectivity index (χ0n) is 11.4. The number of hydrogen-bond donors (Lipinski definition) is 0. The molecule has 1 rings (SSSR count). The van der Waals surface area contributed by atoms with Crippen LogP contribution in [-0.4, -0.2) is 11.1 Å². The van der Waals surface area contributed by atoms with E-state index in [2.05, 4.69) is 6.58 Å². The average Bonchev–Trinajstić information content (AvgIpc) is 2.30. The molecule has 4 heteroatoms. The second-order valence-corrected chi connectivity index (χ2v) is 5.84. The number of hydrogen-bond acceptors (Lipinski definition) is 4. The first-order chi connectivity index (χ1) is 8.88. The fraction of sp³-hybridized carbons (Fsp3) is 0.333. The van der Waals surface area contributed by atoms with Crippen molar-refractivity contribution in [1.29, 1.82) is 0 Å². The fourth-order valence-corrected chi connectivity index (χ4v) is 2.23. The fourth-order valence-electron chi connectivity index (χ4n) is 1.28. The van der Waals surface area contributed by atoms with Gasteiger partial charge >= 0.3 is 5.97 Å². The van der Waals surface area contributed by atoms with Crippen molar-refractivity contribution in [2.75, 3.05) is 0 Å². The van der Waals surface area contributed by atoms with Crippen LogP contribution in [0.25, 0.3) is 0 Å². The average molecular weight is 278 g/mol. The maximum Gasteiger partial charge on any atom is 0.338 e. The normalized spacial score (nSPS) is 10.3. The van der Waals surface area contributed by atoms with E-state index in [1.54, 1.807) is 31.2 Å². The monoisotopic (exact) mass is 278 g/mol. The van der Waals surface area contributed by atoms with Gasteiger partial charge in [-0.2, -0.15) is 0 Å². The van der Waals surface area contributed by atoms with Gasteiger partial charge in [0.25, 0.3) is 0 Å². The number of esters is 1. The number of rotatable bonds is 5. The molecule has 0 atom stereocenters. The van der Waals surface area contributed by atoms with Crippen LogP contribution in [0, 0.1) is 5.92 Å². The van der Waals surface area contributed by atoms with E-state index in [1.807, 2.05) is 13.8 Å². The van der Waals surface area contributed by atoms with E-state index in [0.717, 1.165) is 4.90 Å². The van der Waals surface area contributed by atoms with Crippen LogP contribution in [-0.2, 0) is 9.59 Å². The quantitative estimate of drug-likeness (QED) is 0.355. The second kappa shape index (κ2) is 7.14. The van der Waals surface area contributed by atoms with E-state index >= 15 is 0 Å². The maximum absolute atomic E-state index is 11.6. The largest absolute Gasteiger partial charge is 0.423 e. The van der Waals surface area contributed by atoms with Crippen LogP contribution in [0.4, 0.5) is 0 Å². The molecule has 19 heavy (non-hydrogen) atoms. The van der Waals surface area contributed by atoms with Gasteiger partial charge in [-0.1, -0.05) is 32.2 Å². The van der Waals surface area contributed by atoms with Gasteiger partial charge in [0.1, 0.15) is 5.75 Å². The highest BCUT2D eigenvalue weighted by atomic mass is 32.2. The summed E-state index contributed by atoms with van der Waals surface area (Å²) in [6.45, 7) is 9.13. The van der Waals surface area contributed by atoms with Crippen molar-refractivity contribution in [1.82, 2.24) is 0 Å². The van der Waals surface area contributed by atoms with Gasteiger partial charge in [0, 0.05) is 16.9 Å². The summed E-state index contributed by atoms with van der Waals surface area (Å²) in [5.41, 5.74) is 0.352. The lowest BCUT2D eigenvalue weighted by atomic mass is 10.2. The Morgan fingerprint density at radius 2 is 1.84 bits per heavy atom. The zero-order chi connectivity index (χ0) is 14.4. The number of carbonyl (C=O) groups excluding carboxylic acids is 2. The first-order valence-electron chi connectivity index (χ1n) is 6.07. The predicted molar refractivity (Wildman–Crippen MR) is 77.2 cm³/mol. The highest BCUT2D eigenvalue weighted by molar-refractivity contribution is 8.13. The van der Waals surface area contributed by atoms with E-state index in [0.29, 0.717) is 23.7 Å². The Labute approximate surface area is 118 Å². The molecule has 1 aromatic carbocycles. The molecule has 0 unspecified atom stereocenters. The van der Waals surface area contributed by atoms with Crippen molar-refractivity contribution >= 4 is 22.8 Å². The van der Waals surface area contributed by atoms with Crippen LogP contribution in [0.1, 0.15) is 27.2 Å². The van der Waals surface area contributed by atoms with Crippen molar-refractivity contribution in [2.24, 2.45) is 5.92 Å². The molecule has 0 aliphatic heterocycles. The van der Waals surface area contributed by atoms with Crippen molar-refractivity contribution in [3.05, 3.63) is 36.4 Å².